The van der Waals surface area contributed by atoms with E-state index in [1.165, 1.54) is 0 Å². The molecule has 2 nitrogen and oxygen atoms in total. The van der Waals surface area contributed by atoms with Crippen LogP contribution in [0.15, 0.2) is 22.7 Å². The minimum Gasteiger partial charge on any atom is -0.490 e. The molecule has 0 saturated heterocycles. The van der Waals surface area contributed by atoms with Crippen LogP contribution in [-0.4, -0.2) is 11.2 Å². The number of aliphatic hydroxyl groups is 1. The Morgan fingerprint density at radius 1 is 1.57 bits per heavy atom. The van der Waals surface area contributed by atoms with Crippen molar-refractivity contribution in [2.24, 2.45) is 0 Å². The summed E-state index contributed by atoms with van der Waals surface area (Å²) in [6, 6.07) is 5.76. The normalized spacial score (nSPS) is 25.4. The van der Waals surface area contributed by atoms with E-state index in [0.29, 0.717) is 6.42 Å². The molecule has 1 aliphatic heterocycles. The number of ether oxygens (including phenoxy) is 1. The van der Waals surface area contributed by atoms with Gasteiger partial charge in [0.25, 0.3) is 0 Å². The molecule has 2 rings (SSSR count). The standard InChI is InChI=1S/C11H13BrO2/c1-2-8-6-10(13)9-4-3-7(12)5-11(9)14-8/h3-5,8,10,13H,2,6H2,1H3/t8?,10-/m1/s1. The second-order valence-corrected chi connectivity index (χ2v) is 4.50. The van der Waals surface area contributed by atoms with Gasteiger partial charge in [0.1, 0.15) is 11.9 Å². The van der Waals surface area contributed by atoms with Crippen LogP contribution >= 0.6 is 15.9 Å². The van der Waals surface area contributed by atoms with Gasteiger partial charge in [-0.05, 0) is 18.6 Å². The molecule has 1 heterocycles. The molecule has 2 atom stereocenters. The van der Waals surface area contributed by atoms with E-state index in [-0.39, 0.29) is 12.2 Å². The third kappa shape index (κ3) is 1.79. The van der Waals surface area contributed by atoms with Crippen LogP contribution in [0.1, 0.15) is 31.4 Å². The monoisotopic (exact) mass is 256 g/mol. The van der Waals surface area contributed by atoms with Gasteiger partial charge in [0.15, 0.2) is 0 Å². The number of benzene rings is 1. The van der Waals surface area contributed by atoms with Crippen LogP contribution in [0.3, 0.4) is 0 Å². The molecule has 1 N–H and O–H groups in total. The molecule has 0 saturated carbocycles. The molecular formula is C11H13BrO2. The van der Waals surface area contributed by atoms with Crippen LogP contribution in [0.2, 0.25) is 0 Å². The zero-order valence-electron chi connectivity index (χ0n) is 8.03. The summed E-state index contributed by atoms with van der Waals surface area (Å²) in [4.78, 5) is 0. The van der Waals surface area contributed by atoms with Crippen molar-refractivity contribution in [1.29, 1.82) is 0 Å². The highest BCUT2D eigenvalue weighted by Gasteiger charge is 2.25. The van der Waals surface area contributed by atoms with Gasteiger partial charge in [-0.1, -0.05) is 28.9 Å². The van der Waals surface area contributed by atoms with E-state index in [2.05, 4.69) is 22.9 Å². The van der Waals surface area contributed by atoms with Crippen LogP contribution in [-0.2, 0) is 0 Å². The molecule has 0 aliphatic carbocycles. The summed E-state index contributed by atoms with van der Waals surface area (Å²) in [5.74, 6) is 0.810. The molecule has 0 spiro atoms. The third-order valence-electron chi connectivity index (χ3n) is 2.57. The van der Waals surface area contributed by atoms with Crippen LogP contribution in [0.5, 0.6) is 5.75 Å². The molecule has 0 aromatic heterocycles. The highest BCUT2D eigenvalue weighted by molar-refractivity contribution is 9.10. The maximum absolute atomic E-state index is 9.86. The zero-order chi connectivity index (χ0) is 10.1. The van der Waals surface area contributed by atoms with E-state index < -0.39 is 0 Å². The Morgan fingerprint density at radius 2 is 2.36 bits per heavy atom. The Morgan fingerprint density at radius 3 is 3.07 bits per heavy atom. The number of fused-ring (bicyclic) bond motifs is 1. The van der Waals surface area contributed by atoms with Gasteiger partial charge in [-0.25, -0.2) is 0 Å². The van der Waals surface area contributed by atoms with Crippen molar-refractivity contribution in [1.82, 2.24) is 0 Å². The predicted octanol–water partition coefficient (Wildman–Crippen LogP) is 3.04. The summed E-state index contributed by atoms with van der Waals surface area (Å²) < 4.78 is 6.73. The van der Waals surface area contributed by atoms with Crippen LogP contribution in [0.4, 0.5) is 0 Å². The predicted molar refractivity (Wildman–Crippen MR) is 58.4 cm³/mol. The molecule has 0 bridgehead atoms. The topological polar surface area (TPSA) is 29.5 Å². The highest BCUT2D eigenvalue weighted by Crippen LogP contribution is 2.37. The molecule has 76 valence electrons. The van der Waals surface area contributed by atoms with E-state index in [0.717, 1.165) is 22.2 Å². The van der Waals surface area contributed by atoms with Gasteiger partial charge >= 0.3 is 0 Å². The third-order valence-corrected chi connectivity index (χ3v) is 3.06. The van der Waals surface area contributed by atoms with Crippen molar-refractivity contribution in [2.75, 3.05) is 0 Å². The lowest BCUT2D eigenvalue weighted by Crippen LogP contribution is -2.24. The second kappa shape index (κ2) is 3.91. The molecule has 14 heavy (non-hydrogen) atoms. The molecule has 0 amide bonds. The maximum atomic E-state index is 9.86. The first-order chi connectivity index (χ1) is 6.70. The van der Waals surface area contributed by atoms with Crippen LogP contribution in [0, 0.1) is 0 Å². The molecule has 0 fully saturated rings. The van der Waals surface area contributed by atoms with Crippen molar-refractivity contribution in [3.05, 3.63) is 28.2 Å². The molecule has 1 unspecified atom stereocenters. The fourth-order valence-electron chi connectivity index (χ4n) is 1.74. The summed E-state index contributed by atoms with van der Waals surface area (Å²) in [7, 11) is 0. The molecular weight excluding hydrogens is 244 g/mol. The van der Waals surface area contributed by atoms with Crippen molar-refractivity contribution < 1.29 is 9.84 Å². The first kappa shape index (κ1) is 9.99. The first-order valence-corrected chi connectivity index (χ1v) is 5.64. The lowest BCUT2D eigenvalue weighted by Gasteiger charge is -2.29. The number of aliphatic hydroxyl groups excluding tert-OH is 1. The Labute approximate surface area is 92.0 Å². The molecule has 1 aromatic rings. The van der Waals surface area contributed by atoms with E-state index in [1.54, 1.807) is 0 Å². The minimum absolute atomic E-state index is 0.145. The van der Waals surface area contributed by atoms with E-state index in [9.17, 15) is 5.11 Å². The number of halogens is 1. The first-order valence-electron chi connectivity index (χ1n) is 4.85. The van der Waals surface area contributed by atoms with Gasteiger partial charge in [-0.3, -0.25) is 0 Å². The maximum Gasteiger partial charge on any atom is 0.126 e. The van der Waals surface area contributed by atoms with E-state index in [1.807, 2.05) is 18.2 Å². The van der Waals surface area contributed by atoms with Crippen molar-refractivity contribution in [3.63, 3.8) is 0 Å². The molecule has 1 aliphatic rings. The smallest absolute Gasteiger partial charge is 0.126 e. The number of hydrogen-bond acceptors (Lipinski definition) is 2. The molecule has 0 radical (unpaired) electrons. The van der Waals surface area contributed by atoms with Gasteiger partial charge in [0.05, 0.1) is 6.10 Å². The Hall–Kier alpha value is -0.540. The van der Waals surface area contributed by atoms with Crippen molar-refractivity contribution >= 4 is 15.9 Å². The van der Waals surface area contributed by atoms with E-state index >= 15 is 0 Å². The average molecular weight is 257 g/mol. The highest BCUT2D eigenvalue weighted by atomic mass is 79.9. The average Bonchev–Trinajstić information content (AvgIpc) is 2.16. The number of hydrogen-bond donors (Lipinski definition) is 1. The lowest BCUT2D eigenvalue weighted by atomic mass is 9.98. The van der Waals surface area contributed by atoms with Gasteiger partial charge in [0.2, 0.25) is 0 Å². The van der Waals surface area contributed by atoms with Crippen molar-refractivity contribution in [3.8, 4) is 5.75 Å². The van der Waals surface area contributed by atoms with Gasteiger partial charge in [-0.2, -0.15) is 0 Å². The zero-order valence-corrected chi connectivity index (χ0v) is 9.62. The van der Waals surface area contributed by atoms with Crippen LogP contribution < -0.4 is 4.74 Å². The van der Waals surface area contributed by atoms with Gasteiger partial charge in [-0.15, -0.1) is 0 Å². The van der Waals surface area contributed by atoms with Crippen molar-refractivity contribution in [2.45, 2.75) is 32.0 Å². The second-order valence-electron chi connectivity index (χ2n) is 3.58. The molecule has 1 aromatic carbocycles. The minimum atomic E-state index is -0.378. The largest absolute Gasteiger partial charge is 0.490 e. The molecule has 3 heteroatoms. The Bertz CT molecular complexity index is 338. The summed E-state index contributed by atoms with van der Waals surface area (Å²) in [5.41, 5.74) is 0.901. The van der Waals surface area contributed by atoms with E-state index in [4.69, 9.17) is 4.74 Å². The summed E-state index contributed by atoms with van der Waals surface area (Å²) in [6.45, 7) is 2.07. The van der Waals surface area contributed by atoms with Gasteiger partial charge < -0.3 is 9.84 Å². The Kier molecular flexibility index (Phi) is 2.79. The van der Waals surface area contributed by atoms with Gasteiger partial charge in [0, 0.05) is 16.5 Å². The Balaban J connectivity index is 2.35. The lowest BCUT2D eigenvalue weighted by molar-refractivity contribution is 0.0642. The quantitative estimate of drug-likeness (QED) is 0.837. The fraction of sp³-hybridized carbons (Fsp3) is 0.455. The number of rotatable bonds is 1. The fourth-order valence-corrected chi connectivity index (χ4v) is 2.08. The SMILES string of the molecule is CCC1C[C@@H](O)c2ccc(Br)cc2O1. The summed E-state index contributed by atoms with van der Waals surface area (Å²) in [6.07, 6.45) is 1.40. The summed E-state index contributed by atoms with van der Waals surface area (Å²) >= 11 is 3.39. The summed E-state index contributed by atoms with van der Waals surface area (Å²) in [5, 5.41) is 9.86. The van der Waals surface area contributed by atoms with Crippen LogP contribution in [0.25, 0.3) is 0 Å².